The quantitative estimate of drug-likeness (QED) is 0.678. The van der Waals surface area contributed by atoms with Crippen molar-refractivity contribution in [2.75, 3.05) is 30.5 Å². The fraction of sp³-hybridized carbons (Fsp3) is 0.333. The molecule has 2 N–H and O–H groups in total. The van der Waals surface area contributed by atoms with E-state index < -0.39 is 0 Å². The van der Waals surface area contributed by atoms with Gasteiger partial charge in [0.1, 0.15) is 0 Å². The number of carbonyl (C=O) groups excluding carboxylic acids is 2. The molecule has 2 aromatic rings. The maximum Gasteiger partial charge on any atom is 0.255 e. The van der Waals surface area contributed by atoms with Crippen molar-refractivity contribution >= 4 is 23.2 Å². The highest BCUT2D eigenvalue weighted by molar-refractivity contribution is 6.05. The van der Waals surface area contributed by atoms with Gasteiger partial charge in [0.25, 0.3) is 5.91 Å². The van der Waals surface area contributed by atoms with Crippen LogP contribution in [0.25, 0.3) is 0 Å². The van der Waals surface area contributed by atoms with E-state index in [1.165, 1.54) is 6.92 Å². The second kappa shape index (κ2) is 10.2. The van der Waals surface area contributed by atoms with Crippen LogP contribution >= 0.6 is 0 Å². The molecule has 150 valence electrons. The number of anilines is 2. The zero-order valence-electron chi connectivity index (χ0n) is 16.6. The Morgan fingerprint density at radius 2 is 1.25 bits per heavy atom. The van der Waals surface area contributed by atoms with Crippen LogP contribution in [0.3, 0.4) is 0 Å². The van der Waals surface area contributed by atoms with Gasteiger partial charge in [0.15, 0.2) is 11.5 Å². The van der Waals surface area contributed by atoms with Crippen LogP contribution in [-0.2, 0) is 4.79 Å². The molecular weight excluding hydrogens is 360 g/mol. The van der Waals surface area contributed by atoms with Crippen molar-refractivity contribution in [3.63, 3.8) is 0 Å². The summed E-state index contributed by atoms with van der Waals surface area (Å²) in [5, 5.41) is 5.50. The number of nitrogens with one attached hydrogen (secondary N) is 2. The molecule has 7 heteroatoms. The first-order valence-electron chi connectivity index (χ1n) is 9.23. The van der Waals surface area contributed by atoms with Gasteiger partial charge >= 0.3 is 0 Å². The number of benzene rings is 2. The van der Waals surface area contributed by atoms with Gasteiger partial charge in [-0.1, -0.05) is 0 Å². The predicted molar refractivity (Wildman–Crippen MR) is 109 cm³/mol. The molecular formula is C21H26N2O5. The summed E-state index contributed by atoms with van der Waals surface area (Å²) in [7, 11) is 0. The van der Waals surface area contributed by atoms with E-state index >= 15 is 0 Å². The smallest absolute Gasteiger partial charge is 0.255 e. The summed E-state index contributed by atoms with van der Waals surface area (Å²) in [6.07, 6.45) is 0. The Morgan fingerprint density at radius 1 is 0.786 bits per heavy atom. The van der Waals surface area contributed by atoms with Crippen LogP contribution in [0.1, 0.15) is 38.1 Å². The normalized spacial score (nSPS) is 10.1. The largest absolute Gasteiger partial charge is 0.490 e. The maximum atomic E-state index is 12.7. The lowest BCUT2D eigenvalue weighted by molar-refractivity contribution is -0.114. The number of amides is 2. The highest BCUT2D eigenvalue weighted by Gasteiger charge is 2.18. The van der Waals surface area contributed by atoms with Crippen molar-refractivity contribution in [1.82, 2.24) is 0 Å². The first-order valence-corrected chi connectivity index (χ1v) is 9.23. The molecule has 0 fully saturated rings. The lowest BCUT2D eigenvalue weighted by Crippen LogP contribution is -2.13. The molecule has 0 aromatic heterocycles. The maximum absolute atomic E-state index is 12.7. The monoisotopic (exact) mass is 386 g/mol. The van der Waals surface area contributed by atoms with Crippen LogP contribution in [0, 0.1) is 0 Å². The van der Waals surface area contributed by atoms with E-state index in [0.29, 0.717) is 54.0 Å². The fourth-order valence-corrected chi connectivity index (χ4v) is 2.56. The molecule has 2 rings (SSSR count). The van der Waals surface area contributed by atoms with Gasteiger partial charge in [-0.05, 0) is 57.2 Å². The molecule has 0 radical (unpaired) electrons. The van der Waals surface area contributed by atoms with Gasteiger partial charge in [-0.25, -0.2) is 0 Å². The van der Waals surface area contributed by atoms with Crippen molar-refractivity contribution in [3.05, 3.63) is 42.0 Å². The molecule has 0 bridgehead atoms. The Bertz CT molecular complexity index is 791. The first kappa shape index (κ1) is 21.1. The average Bonchev–Trinajstić information content (AvgIpc) is 2.65. The Kier molecular flexibility index (Phi) is 7.68. The molecule has 0 atom stereocenters. The third-order valence-electron chi connectivity index (χ3n) is 3.63. The molecule has 0 spiro atoms. The van der Waals surface area contributed by atoms with E-state index in [1.54, 1.807) is 36.4 Å². The molecule has 0 aliphatic rings. The molecule has 0 saturated carbocycles. The molecule has 28 heavy (non-hydrogen) atoms. The van der Waals surface area contributed by atoms with E-state index in [-0.39, 0.29) is 11.8 Å². The molecule has 2 aromatic carbocycles. The minimum atomic E-state index is -0.308. The average molecular weight is 386 g/mol. The van der Waals surface area contributed by atoms with Crippen molar-refractivity contribution < 1.29 is 23.8 Å². The zero-order chi connectivity index (χ0) is 20.5. The highest BCUT2D eigenvalue weighted by atomic mass is 16.5. The molecule has 0 aliphatic heterocycles. The molecule has 2 amide bonds. The van der Waals surface area contributed by atoms with Gasteiger partial charge in [0, 0.05) is 23.9 Å². The van der Waals surface area contributed by atoms with Crippen LogP contribution in [0.2, 0.25) is 0 Å². The third-order valence-corrected chi connectivity index (χ3v) is 3.63. The van der Waals surface area contributed by atoms with Crippen LogP contribution < -0.4 is 24.8 Å². The summed E-state index contributed by atoms with van der Waals surface area (Å²) >= 11 is 0. The lowest BCUT2D eigenvalue weighted by atomic mass is 10.1. The Balaban J connectivity index is 2.27. The second-order valence-electron chi connectivity index (χ2n) is 5.81. The zero-order valence-corrected chi connectivity index (χ0v) is 16.6. The summed E-state index contributed by atoms with van der Waals surface area (Å²) in [5.41, 5.74) is 1.65. The predicted octanol–water partition coefficient (Wildman–Crippen LogP) is 4.09. The lowest BCUT2D eigenvalue weighted by Gasteiger charge is -2.17. The number of rotatable bonds is 9. The highest BCUT2D eigenvalue weighted by Crippen LogP contribution is 2.39. The van der Waals surface area contributed by atoms with E-state index in [9.17, 15) is 9.59 Å². The van der Waals surface area contributed by atoms with Gasteiger partial charge < -0.3 is 24.8 Å². The summed E-state index contributed by atoms with van der Waals surface area (Å²) < 4.78 is 16.9. The third kappa shape index (κ3) is 5.64. The van der Waals surface area contributed by atoms with E-state index in [0.717, 1.165) is 0 Å². The van der Waals surface area contributed by atoms with Crippen LogP contribution in [0.5, 0.6) is 17.2 Å². The number of carbonyl (C=O) groups is 2. The molecule has 0 heterocycles. The fourth-order valence-electron chi connectivity index (χ4n) is 2.56. The molecule has 0 saturated heterocycles. The molecule has 0 unspecified atom stereocenters. The number of ether oxygens (including phenoxy) is 3. The topological polar surface area (TPSA) is 85.9 Å². The Hall–Kier alpha value is -3.22. The minimum absolute atomic E-state index is 0.155. The van der Waals surface area contributed by atoms with Gasteiger partial charge in [0.2, 0.25) is 11.7 Å². The van der Waals surface area contributed by atoms with Gasteiger partial charge in [-0.15, -0.1) is 0 Å². The summed E-state index contributed by atoms with van der Waals surface area (Å²) in [4.78, 5) is 23.8. The first-order chi connectivity index (χ1) is 13.5. The molecule has 0 aliphatic carbocycles. The Labute approximate surface area is 165 Å². The minimum Gasteiger partial charge on any atom is -0.490 e. The van der Waals surface area contributed by atoms with Gasteiger partial charge in [-0.3, -0.25) is 9.59 Å². The van der Waals surface area contributed by atoms with E-state index in [4.69, 9.17) is 14.2 Å². The van der Waals surface area contributed by atoms with Crippen LogP contribution in [0.4, 0.5) is 11.4 Å². The van der Waals surface area contributed by atoms with Crippen molar-refractivity contribution in [2.45, 2.75) is 27.7 Å². The van der Waals surface area contributed by atoms with Crippen molar-refractivity contribution in [3.8, 4) is 17.2 Å². The molecule has 7 nitrogen and oxygen atoms in total. The van der Waals surface area contributed by atoms with Crippen molar-refractivity contribution in [2.24, 2.45) is 0 Å². The Morgan fingerprint density at radius 3 is 1.68 bits per heavy atom. The second-order valence-corrected chi connectivity index (χ2v) is 5.81. The van der Waals surface area contributed by atoms with E-state index in [1.807, 2.05) is 20.8 Å². The number of hydrogen-bond acceptors (Lipinski definition) is 5. The van der Waals surface area contributed by atoms with Crippen LogP contribution in [0.15, 0.2) is 36.4 Å². The number of hydrogen-bond donors (Lipinski definition) is 2. The van der Waals surface area contributed by atoms with Gasteiger partial charge in [-0.2, -0.15) is 0 Å². The van der Waals surface area contributed by atoms with E-state index in [2.05, 4.69) is 10.6 Å². The standard InChI is InChI=1S/C21H26N2O5/c1-5-26-18-12-15(13-19(27-6-2)20(18)28-7-3)21(25)23-17-10-8-16(9-11-17)22-14(4)24/h8-13H,5-7H2,1-4H3,(H,22,24)(H,23,25). The summed E-state index contributed by atoms with van der Waals surface area (Å²) in [6.45, 7) is 8.35. The van der Waals surface area contributed by atoms with Crippen molar-refractivity contribution in [1.29, 1.82) is 0 Å². The van der Waals surface area contributed by atoms with Crippen LogP contribution in [-0.4, -0.2) is 31.6 Å². The van der Waals surface area contributed by atoms with Gasteiger partial charge in [0.05, 0.1) is 19.8 Å². The summed E-state index contributed by atoms with van der Waals surface area (Å²) in [6, 6.07) is 10.1. The SMILES string of the molecule is CCOc1cc(C(=O)Nc2ccc(NC(C)=O)cc2)cc(OCC)c1OCC. The summed E-state index contributed by atoms with van der Waals surface area (Å²) in [5.74, 6) is 0.945.